The van der Waals surface area contributed by atoms with Crippen LogP contribution in [-0.2, 0) is 12.7 Å². The number of aliphatic hydroxyl groups excluding tert-OH is 1. The van der Waals surface area contributed by atoms with Crippen LogP contribution >= 0.6 is 0 Å². The van der Waals surface area contributed by atoms with Gasteiger partial charge in [-0.3, -0.25) is 0 Å². The predicted molar refractivity (Wildman–Crippen MR) is 79.3 cm³/mol. The van der Waals surface area contributed by atoms with Crippen LogP contribution in [-0.4, -0.2) is 11.7 Å². The molecule has 0 aliphatic rings. The van der Waals surface area contributed by atoms with E-state index in [1.54, 1.807) is 24.3 Å². The van der Waals surface area contributed by atoms with Crippen LogP contribution < -0.4 is 5.32 Å². The van der Waals surface area contributed by atoms with Crippen LogP contribution in [0.25, 0.3) is 0 Å². The Balaban J connectivity index is 1.92. The average Bonchev–Trinajstić information content (AvgIpc) is 2.54. The van der Waals surface area contributed by atoms with E-state index in [1.165, 1.54) is 12.1 Å². The summed E-state index contributed by atoms with van der Waals surface area (Å²) in [6.07, 6.45) is -5.46. The number of rotatable bonds is 5. The van der Waals surface area contributed by atoms with E-state index in [-0.39, 0.29) is 12.1 Å². The maximum absolute atomic E-state index is 12.6. The Bertz CT molecular complexity index is 690. The number of alkyl halides is 3. The second kappa shape index (κ2) is 7.27. The van der Waals surface area contributed by atoms with Crippen LogP contribution in [0.2, 0.25) is 0 Å². The number of halogens is 3. The summed E-state index contributed by atoms with van der Waals surface area (Å²) in [5.41, 5.74) is 0.909. The number of nitriles is 1. The Kier molecular flexibility index (Phi) is 5.37. The topological polar surface area (TPSA) is 56.0 Å². The lowest BCUT2D eigenvalue weighted by molar-refractivity contribution is -0.137. The minimum Gasteiger partial charge on any atom is -0.387 e. The molecule has 0 fully saturated rings. The fraction of sp³-hybridized carbons (Fsp3) is 0.235. The molecule has 6 heteroatoms. The fourth-order valence-corrected chi connectivity index (χ4v) is 2.09. The molecule has 0 aliphatic carbocycles. The van der Waals surface area contributed by atoms with E-state index >= 15 is 0 Å². The molecule has 2 rings (SSSR count). The van der Waals surface area contributed by atoms with Crippen LogP contribution in [0.5, 0.6) is 0 Å². The van der Waals surface area contributed by atoms with Crippen molar-refractivity contribution in [3.63, 3.8) is 0 Å². The summed E-state index contributed by atoms with van der Waals surface area (Å²) in [5, 5.41) is 21.7. The number of hydrogen-bond donors (Lipinski definition) is 2. The minimum absolute atomic E-state index is 0.126. The molecule has 0 heterocycles. The van der Waals surface area contributed by atoms with Crippen LogP contribution in [0.15, 0.2) is 48.5 Å². The van der Waals surface area contributed by atoms with Crippen molar-refractivity contribution in [2.45, 2.75) is 18.8 Å². The molecular formula is C17H15F3N2O. The molecule has 2 aromatic carbocycles. The molecule has 0 aromatic heterocycles. The standard InChI is InChI=1S/C17H15F3N2O/c18-17(19,20)15-3-1-2-14(8-15)16(23)11-22-10-13-6-4-12(9-21)5-7-13/h1-8,16,22-23H,10-11H2. The molecule has 120 valence electrons. The van der Waals surface area contributed by atoms with E-state index in [0.29, 0.717) is 12.1 Å². The summed E-state index contributed by atoms with van der Waals surface area (Å²) >= 11 is 0. The third-order valence-electron chi connectivity index (χ3n) is 3.35. The van der Waals surface area contributed by atoms with Gasteiger partial charge in [0.1, 0.15) is 0 Å². The molecule has 0 radical (unpaired) electrons. The summed E-state index contributed by atoms with van der Waals surface area (Å²) in [5.74, 6) is 0. The van der Waals surface area contributed by atoms with Gasteiger partial charge in [-0.1, -0.05) is 24.3 Å². The lowest BCUT2D eigenvalue weighted by Crippen LogP contribution is -2.21. The number of benzene rings is 2. The smallest absolute Gasteiger partial charge is 0.387 e. The zero-order valence-corrected chi connectivity index (χ0v) is 12.1. The number of hydrogen-bond acceptors (Lipinski definition) is 3. The Labute approximate surface area is 132 Å². The highest BCUT2D eigenvalue weighted by Gasteiger charge is 2.30. The van der Waals surface area contributed by atoms with Crippen molar-refractivity contribution in [3.05, 3.63) is 70.8 Å². The lowest BCUT2D eigenvalue weighted by atomic mass is 10.1. The van der Waals surface area contributed by atoms with E-state index in [0.717, 1.165) is 17.7 Å². The third-order valence-corrected chi connectivity index (χ3v) is 3.35. The summed E-state index contributed by atoms with van der Waals surface area (Å²) in [7, 11) is 0. The van der Waals surface area contributed by atoms with E-state index in [1.807, 2.05) is 6.07 Å². The zero-order valence-electron chi connectivity index (χ0n) is 12.1. The van der Waals surface area contributed by atoms with Crippen LogP contribution in [0.3, 0.4) is 0 Å². The quantitative estimate of drug-likeness (QED) is 0.888. The summed E-state index contributed by atoms with van der Waals surface area (Å²) in [4.78, 5) is 0. The van der Waals surface area contributed by atoms with Crippen LogP contribution in [0, 0.1) is 11.3 Å². The van der Waals surface area contributed by atoms with Gasteiger partial charge in [-0.2, -0.15) is 18.4 Å². The van der Waals surface area contributed by atoms with Gasteiger partial charge < -0.3 is 10.4 Å². The monoisotopic (exact) mass is 320 g/mol. The first-order valence-electron chi connectivity index (χ1n) is 6.95. The van der Waals surface area contributed by atoms with Crippen molar-refractivity contribution in [2.24, 2.45) is 0 Å². The molecule has 0 saturated heterocycles. The molecule has 1 unspecified atom stereocenters. The molecule has 23 heavy (non-hydrogen) atoms. The Morgan fingerprint density at radius 3 is 2.43 bits per heavy atom. The van der Waals surface area contributed by atoms with Gasteiger partial charge >= 0.3 is 6.18 Å². The van der Waals surface area contributed by atoms with Crippen molar-refractivity contribution in [2.75, 3.05) is 6.54 Å². The molecule has 1 atom stereocenters. The molecule has 3 nitrogen and oxygen atoms in total. The Morgan fingerprint density at radius 2 is 1.83 bits per heavy atom. The second-order valence-electron chi connectivity index (χ2n) is 5.08. The first-order valence-corrected chi connectivity index (χ1v) is 6.95. The summed E-state index contributed by atoms with van der Waals surface area (Å²) < 4.78 is 37.9. The second-order valence-corrected chi connectivity index (χ2v) is 5.08. The van der Waals surface area contributed by atoms with Gasteiger partial charge in [0, 0.05) is 13.1 Å². The number of nitrogens with zero attached hydrogens (tertiary/aromatic N) is 1. The van der Waals surface area contributed by atoms with Gasteiger partial charge in [0.2, 0.25) is 0 Å². The molecule has 2 aromatic rings. The van der Waals surface area contributed by atoms with Crippen molar-refractivity contribution in [1.29, 1.82) is 5.26 Å². The fourth-order valence-electron chi connectivity index (χ4n) is 2.09. The molecule has 0 amide bonds. The van der Waals surface area contributed by atoms with Crippen molar-refractivity contribution >= 4 is 0 Å². The largest absolute Gasteiger partial charge is 0.416 e. The van der Waals surface area contributed by atoms with E-state index < -0.39 is 17.8 Å². The number of aliphatic hydroxyl groups is 1. The molecule has 0 bridgehead atoms. The van der Waals surface area contributed by atoms with Gasteiger partial charge in [-0.05, 0) is 35.4 Å². The summed E-state index contributed by atoms with van der Waals surface area (Å²) in [6, 6.07) is 13.6. The third kappa shape index (κ3) is 4.81. The molecule has 0 saturated carbocycles. The lowest BCUT2D eigenvalue weighted by Gasteiger charge is -2.14. The zero-order chi connectivity index (χ0) is 16.9. The van der Waals surface area contributed by atoms with Gasteiger partial charge in [0.15, 0.2) is 0 Å². The van der Waals surface area contributed by atoms with Gasteiger partial charge in [-0.25, -0.2) is 0 Å². The highest BCUT2D eigenvalue weighted by Crippen LogP contribution is 2.30. The van der Waals surface area contributed by atoms with Crippen molar-refractivity contribution < 1.29 is 18.3 Å². The maximum atomic E-state index is 12.6. The molecule has 0 spiro atoms. The van der Waals surface area contributed by atoms with E-state index in [9.17, 15) is 18.3 Å². The number of nitrogens with one attached hydrogen (secondary N) is 1. The molecule has 0 aliphatic heterocycles. The first kappa shape index (κ1) is 17.0. The van der Waals surface area contributed by atoms with Crippen LogP contribution in [0.4, 0.5) is 13.2 Å². The van der Waals surface area contributed by atoms with Gasteiger partial charge in [-0.15, -0.1) is 0 Å². The predicted octanol–water partition coefficient (Wildman–Crippen LogP) is 3.40. The van der Waals surface area contributed by atoms with Gasteiger partial charge in [0.05, 0.1) is 23.3 Å². The highest BCUT2D eigenvalue weighted by molar-refractivity contribution is 5.31. The Hall–Kier alpha value is -2.36. The summed E-state index contributed by atoms with van der Waals surface area (Å²) in [6.45, 7) is 0.572. The first-order chi connectivity index (χ1) is 10.9. The molecular weight excluding hydrogens is 305 g/mol. The van der Waals surface area contributed by atoms with E-state index in [2.05, 4.69) is 5.32 Å². The highest BCUT2D eigenvalue weighted by atomic mass is 19.4. The maximum Gasteiger partial charge on any atom is 0.416 e. The van der Waals surface area contributed by atoms with Crippen molar-refractivity contribution in [3.8, 4) is 6.07 Å². The SMILES string of the molecule is N#Cc1ccc(CNCC(O)c2cccc(C(F)(F)F)c2)cc1. The normalized spacial score (nSPS) is 12.7. The molecule has 2 N–H and O–H groups in total. The van der Waals surface area contributed by atoms with Crippen molar-refractivity contribution in [1.82, 2.24) is 5.32 Å². The minimum atomic E-state index is -4.42. The van der Waals surface area contributed by atoms with Gasteiger partial charge in [0.25, 0.3) is 0 Å². The average molecular weight is 320 g/mol. The van der Waals surface area contributed by atoms with E-state index in [4.69, 9.17) is 5.26 Å². The Morgan fingerprint density at radius 1 is 1.13 bits per heavy atom. The van der Waals surface area contributed by atoms with Crippen LogP contribution in [0.1, 0.15) is 28.4 Å².